The largest absolute Gasteiger partial charge is 0.540 e. The Bertz CT molecular complexity index is 515. The fraction of sp³-hybridized carbons (Fsp3) is 0.818. The summed E-state index contributed by atoms with van der Waals surface area (Å²) >= 11 is 0. The molecule has 0 saturated heterocycles. The third-order valence-corrected chi connectivity index (χ3v) is 3.34. The van der Waals surface area contributed by atoms with E-state index in [0.717, 1.165) is 0 Å². The molecule has 0 saturated carbocycles. The van der Waals surface area contributed by atoms with Crippen molar-refractivity contribution in [3.05, 3.63) is 12.2 Å². The summed E-state index contributed by atoms with van der Waals surface area (Å²) < 4.78 is 9.69. The first kappa shape index (κ1) is 28.2. The van der Waals surface area contributed by atoms with Crippen molar-refractivity contribution in [2.24, 2.45) is 10.8 Å². The number of carbonyl (C=O) groups is 2. The molecule has 0 aromatic heterocycles. The second kappa shape index (κ2) is 11.6. The molecule has 0 aliphatic carbocycles. The number of hydrogen-bond donors (Lipinski definition) is 0. The van der Waals surface area contributed by atoms with Gasteiger partial charge < -0.3 is 9.47 Å². The van der Waals surface area contributed by atoms with Crippen molar-refractivity contribution in [3.63, 3.8) is 0 Å². The summed E-state index contributed by atoms with van der Waals surface area (Å²) in [6, 6.07) is 0. The third-order valence-electron chi connectivity index (χ3n) is 3.34. The van der Waals surface area contributed by atoms with Crippen LogP contribution in [0, 0.1) is 10.8 Å². The third kappa shape index (κ3) is 17.1. The zero-order valence-corrected chi connectivity index (χ0v) is 20.2. The Hall–Kier alpha value is -1.80. The van der Waals surface area contributed by atoms with E-state index >= 15 is 0 Å². The molecule has 0 heterocycles. The Morgan fingerprint density at radius 1 is 0.600 bits per heavy atom. The van der Waals surface area contributed by atoms with E-state index in [1.54, 1.807) is 0 Å². The Morgan fingerprint density at radius 3 is 1.17 bits per heavy atom. The SMILES string of the molecule is CC(C)(C)CC(C)(C)OOC(=O)OC/C=C/COC(=O)OOC(C)(C)CC(C)(C)C. The average molecular weight is 433 g/mol. The van der Waals surface area contributed by atoms with Crippen molar-refractivity contribution in [1.29, 1.82) is 0 Å². The lowest BCUT2D eigenvalue weighted by molar-refractivity contribution is -0.322. The molecule has 30 heavy (non-hydrogen) atoms. The molecule has 0 amide bonds. The average Bonchev–Trinajstić information content (AvgIpc) is 2.50. The van der Waals surface area contributed by atoms with E-state index in [9.17, 15) is 9.59 Å². The van der Waals surface area contributed by atoms with E-state index in [1.807, 2.05) is 27.7 Å². The smallest absolute Gasteiger partial charge is 0.428 e. The second-order valence-corrected chi connectivity index (χ2v) is 10.9. The summed E-state index contributed by atoms with van der Waals surface area (Å²) in [5.41, 5.74) is -1.22. The first-order chi connectivity index (χ1) is 13.4. The van der Waals surface area contributed by atoms with Gasteiger partial charge in [0.15, 0.2) is 0 Å². The lowest BCUT2D eigenvalue weighted by atomic mass is 9.84. The fourth-order valence-corrected chi connectivity index (χ4v) is 3.32. The molecule has 176 valence electrons. The molecule has 0 bridgehead atoms. The van der Waals surface area contributed by atoms with E-state index in [-0.39, 0.29) is 24.0 Å². The van der Waals surface area contributed by atoms with Crippen LogP contribution in [0.2, 0.25) is 0 Å². The Balaban J connectivity index is 4.01. The number of carbonyl (C=O) groups excluding carboxylic acids is 2. The van der Waals surface area contributed by atoms with Crippen molar-refractivity contribution in [2.45, 2.75) is 93.3 Å². The van der Waals surface area contributed by atoms with Gasteiger partial charge in [0.2, 0.25) is 0 Å². The van der Waals surface area contributed by atoms with E-state index in [0.29, 0.717) is 12.8 Å². The molecule has 0 aromatic rings. The lowest BCUT2D eigenvalue weighted by Crippen LogP contribution is -2.31. The summed E-state index contributed by atoms with van der Waals surface area (Å²) in [4.78, 5) is 42.8. The minimum Gasteiger partial charge on any atom is -0.428 e. The highest BCUT2D eigenvalue weighted by Gasteiger charge is 2.30. The van der Waals surface area contributed by atoms with E-state index in [2.05, 4.69) is 51.3 Å². The van der Waals surface area contributed by atoms with Crippen LogP contribution in [0.25, 0.3) is 0 Å². The van der Waals surface area contributed by atoms with E-state index in [4.69, 9.17) is 19.2 Å². The number of hydrogen-bond acceptors (Lipinski definition) is 8. The van der Waals surface area contributed by atoms with Crippen molar-refractivity contribution < 1.29 is 38.6 Å². The van der Waals surface area contributed by atoms with Crippen LogP contribution in [-0.4, -0.2) is 36.7 Å². The molecular weight excluding hydrogens is 392 g/mol. The van der Waals surface area contributed by atoms with Crippen molar-refractivity contribution in [2.75, 3.05) is 13.2 Å². The summed E-state index contributed by atoms with van der Waals surface area (Å²) in [6.45, 7) is 19.6. The Kier molecular flexibility index (Phi) is 10.9. The molecule has 0 fully saturated rings. The van der Waals surface area contributed by atoms with Crippen molar-refractivity contribution >= 4 is 12.3 Å². The highest BCUT2D eigenvalue weighted by atomic mass is 17.2. The van der Waals surface area contributed by atoms with Gasteiger partial charge in [-0.25, -0.2) is 9.59 Å². The monoisotopic (exact) mass is 432 g/mol. The predicted molar refractivity (Wildman–Crippen MR) is 112 cm³/mol. The van der Waals surface area contributed by atoms with Gasteiger partial charge in [-0.2, -0.15) is 9.78 Å². The molecule has 0 aromatic carbocycles. The molecule has 0 unspecified atom stereocenters. The van der Waals surface area contributed by atoms with Crippen LogP contribution in [0.4, 0.5) is 9.59 Å². The van der Waals surface area contributed by atoms with Gasteiger partial charge in [0.05, 0.1) is 0 Å². The Labute approximate surface area is 181 Å². The van der Waals surface area contributed by atoms with Gasteiger partial charge >= 0.3 is 12.3 Å². The second-order valence-electron chi connectivity index (χ2n) is 10.9. The van der Waals surface area contributed by atoms with Crippen LogP contribution in [-0.2, 0) is 29.0 Å². The molecule has 8 nitrogen and oxygen atoms in total. The van der Waals surface area contributed by atoms with Gasteiger partial charge in [-0.05, 0) is 63.5 Å². The van der Waals surface area contributed by atoms with Crippen LogP contribution in [0.1, 0.15) is 82.1 Å². The van der Waals surface area contributed by atoms with Crippen LogP contribution in [0.5, 0.6) is 0 Å². The van der Waals surface area contributed by atoms with Gasteiger partial charge in [-0.3, -0.25) is 9.78 Å². The molecule has 8 heteroatoms. The van der Waals surface area contributed by atoms with E-state index < -0.39 is 23.5 Å². The molecule has 0 spiro atoms. The van der Waals surface area contributed by atoms with Crippen LogP contribution in [0.15, 0.2) is 12.2 Å². The molecule has 0 aliphatic rings. The Morgan fingerprint density at radius 2 is 0.900 bits per heavy atom. The van der Waals surface area contributed by atoms with Crippen LogP contribution >= 0.6 is 0 Å². The molecule has 0 radical (unpaired) electrons. The van der Waals surface area contributed by atoms with Gasteiger partial charge in [-0.15, -0.1) is 0 Å². The quantitative estimate of drug-likeness (QED) is 0.176. The minimum absolute atomic E-state index is 0.0219. The highest BCUT2D eigenvalue weighted by Crippen LogP contribution is 2.30. The van der Waals surface area contributed by atoms with Gasteiger partial charge in [0, 0.05) is 0 Å². The molecule has 0 aliphatic heterocycles. The first-order valence-electron chi connectivity index (χ1n) is 10.1. The topological polar surface area (TPSA) is 89.5 Å². The van der Waals surface area contributed by atoms with Crippen molar-refractivity contribution in [1.82, 2.24) is 0 Å². The fourth-order valence-electron chi connectivity index (χ4n) is 3.32. The zero-order valence-electron chi connectivity index (χ0n) is 20.2. The van der Waals surface area contributed by atoms with Gasteiger partial charge in [-0.1, -0.05) is 41.5 Å². The lowest BCUT2D eigenvalue weighted by Gasteiger charge is -2.30. The molecule has 0 rings (SSSR count). The summed E-state index contributed by atoms with van der Waals surface area (Å²) in [6.07, 6.45) is 2.49. The number of rotatable bonds is 10. The minimum atomic E-state index is -0.948. The maximum atomic E-state index is 11.5. The summed E-state index contributed by atoms with van der Waals surface area (Å²) in [5, 5.41) is 0. The van der Waals surface area contributed by atoms with Gasteiger partial charge in [0.25, 0.3) is 0 Å². The zero-order chi connectivity index (χ0) is 23.6. The first-order valence-corrected chi connectivity index (χ1v) is 10.1. The number of ether oxygens (including phenoxy) is 2. The molecular formula is C22H40O8. The standard InChI is InChI=1S/C22H40O8/c1-19(2,3)15-21(7,8)29-27-17(23)25-13-11-12-14-26-18(24)28-30-22(9,10)16-20(4,5)6/h11-12H,13-16H2,1-10H3/b12-11+. The molecule has 0 N–H and O–H groups in total. The highest BCUT2D eigenvalue weighted by molar-refractivity contribution is 5.59. The normalized spacial score (nSPS) is 13.3. The van der Waals surface area contributed by atoms with Crippen LogP contribution in [0.3, 0.4) is 0 Å². The van der Waals surface area contributed by atoms with E-state index in [1.165, 1.54) is 12.2 Å². The van der Waals surface area contributed by atoms with Crippen LogP contribution < -0.4 is 0 Å². The maximum absolute atomic E-state index is 11.5. The maximum Gasteiger partial charge on any atom is 0.540 e. The summed E-state index contributed by atoms with van der Waals surface area (Å²) in [5.74, 6) is 0. The predicted octanol–water partition coefficient (Wildman–Crippen LogP) is 6.14. The van der Waals surface area contributed by atoms with Crippen molar-refractivity contribution in [3.8, 4) is 0 Å². The van der Waals surface area contributed by atoms with Gasteiger partial charge in [0.1, 0.15) is 24.4 Å². The summed E-state index contributed by atoms with van der Waals surface area (Å²) in [7, 11) is 0. The molecule has 0 atom stereocenters.